The standard InChI is InChI=1S/C22H37N3O/c1-23-13-10-20(11-14-23)24-15-12-21-19(17-24)7-8-22(26)25(21)16-9-18-5-3-2-4-6-18/h5,19-21H,2-4,6-17H2,1H3/t19-,21+/m0/s1. The van der Waals surface area contributed by atoms with Crippen LogP contribution < -0.4 is 0 Å². The van der Waals surface area contributed by atoms with Gasteiger partial charge in [0.1, 0.15) is 0 Å². The Bertz CT molecular complexity index is 523. The van der Waals surface area contributed by atoms with Gasteiger partial charge in [-0.2, -0.15) is 0 Å². The summed E-state index contributed by atoms with van der Waals surface area (Å²) in [5.74, 6) is 1.14. The number of amides is 1. The van der Waals surface area contributed by atoms with E-state index in [0.717, 1.165) is 31.8 Å². The molecule has 3 fully saturated rings. The van der Waals surface area contributed by atoms with E-state index in [9.17, 15) is 4.79 Å². The minimum atomic E-state index is 0.426. The van der Waals surface area contributed by atoms with Crippen molar-refractivity contribution in [2.24, 2.45) is 5.92 Å². The van der Waals surface area contributed by atoms with E-state index in [1.54, 1.807) is 5.57 Å². The predicted octanol–water partition coefficient (Wildman–Crippen LogP) is 3.28. The summed E-state index contributed by atoms with van der Waals surface area (Å²) in [5.41, 5.74) is 1.61. The van der Waals surface area contributed by atoms with Crippen LogP contribution in [-0.2, 0) is 4.79 Å². The first-order chi connectivity index (χ1) is 12.7. The molecule has 0 saturated carbocycles. The second-order valence-electron chi connectivity index (χ2n) is 9.13. The van der Waals surface area contributed by atoms with E-state index in [1.807, 2.05) is 0 Å². The zero-order valence-electron chi connectivity index (χ0n) is 16.7. The summed E-state index contributed by atoms with van der Waals surface area (Å²) in [6.45, 7) is 5.89. The van der Waals surface area contributed by atoms with E-state index < -0.39 is 0 Å². The molecule has 0 aromatic heterocycles. The van der Waals surface area contributed by atoms with Gasteiger partial charge in [0.15, 0.2) is 0 Å². The van der Waals surface area contributed by atoms with Crippen LogP contribution in [0, 0.1) is 5.92 Å². The molecule has 0 unspecified atom stereocenters. The average molecular weight is 360 g/mol. The molecule has 3 heterocycles. The van der Waals surface area contributed by atoms with Crippen LogP contribution >= 0.6 is 0 Å². The number of piperidine rings is 3. The highest BCUT2D eigenvalue weighted by Gasteiger charge is 2.40. The minimum absolute atomic E-state index is 0.426. The van der Waals surface area contributed by atoms with Gasteiger partial charge < -0.3 is 9.80 Å². The van der Waals surface area contributed by atoms with Gasteiger partial charge in [-0.05, 0) is 83.8 Å². The lowest BCUT2D eigenvalue weighted by Gasteiger charge is -2.50. The molecule has 0 N–H and O–H groups in total. The van der Waals surface area contributed by atoms with Crippen molar-refractivity contribution in [3.8, 4) is 0 Å². The molecule has 0 aromatic carbocycles. The second kappa shape index (κ2) is 8.43. The van der Waals surface area contributed by atoms with E-state index in [2.05, 4.69) is 27.8 Å². The molecule has 1 aliphatic carbocycles. The van der Waals surface area contributed by atoms with Crippen molar-refractivity contribution >= 4 is 5.91 Å². The van der Waals surface area contributed by atoms with Gasteiger partial charge in [-0.25, -0.2) is 0 Å². The average Bonchev–Trinajstić information content (AvgIpc) is 2.68. The first kappa shape index (κ1) is 18.5. The number of rotatable bonds is 4. The molecule has 0 spiro atoms. The molecule has 0 bridgehead atoms. The molecule has 146 valence electrons. The van der Waals surface area contributed by atoms with Crippen LogP contribution in [0.25, 0.3) is 0 Å². The van der Waals surface area contributed by atoms with Gasteiger partial charge in [-0.1, -0.05) is 11.6 Å². The lowest BCUT2D eigenvalue weighted by atomic mass is 9.82. The van der Waals surface area contributed by atoms with Crippen molar-refractivity contribution in [1.82, 2.24) is 14.7 Å². The van der Waals surface area contributed by atoms with Gasteiger partial charge in [0.25, 0.3) is 0 Å². The van der Waals surface area contributed by atoms with Crippen molar-refractivity contribution in [2.45, 2.75) is 76.3 Å². The maximum atomic E-state index is 12.6. The number of allylic oxidation sites excluding steroid dienone is 1. The largest absolute Gasteiger partial charge is 0.339 e. The predicted molar refractivity (Wildman–Crippen MR) is 106 cm³/mol. The molecule has 1 amide bonds. The summed E-state index contributed by atoms with van der Waals surface area (Å²) in [7, 11) is 2.24. The number of carbonyl (C=O) groups excluding carboxylic acids is 1. The molecule has 0 radical (unpaired) electrons. The number of carbonyl (C=O) groups is 1. The van der Waals surface area contributed by atoms with Gasteiger partial charge in [-0.15, -0.1) is 0 Å². The summed E-state index contributed by atoms with van der Waals surface area (Å²) < 4.78 is 0. The maximum Gasteiger partial charge on any atom is 0.222 e. The van der Waals surface area contributed by atoms with E-state index in [4.69, 9.17) is 0 Å². The number of hydrogen-bond acceptors (Lipinski definition) is 3. The van der Waals surface area contributed by atoms with Gasteiger partial charge in [0.05, 0.1) is 0 Å². The summed E-state index contributed by atoms with van der Waals surface area (Å²) in [6.07, 6.45) is 14.5. The molecule has 0 aromatic rings. The Balaban J connectivity index is 1.33. The summed E-state index contributed by atoms with van der Waals surface area (Å²) in [5, 5.41) is 0. The van der Waals surface area contributed by atoms with Crippen LogP contribution in [0.15, 0.2) is 11.6 Å². The molecule has 3 aliphatic heterocycles. The number of hydrogen-bond donors (Lipinski definition) is 0. The number of likely N-dealkylation sites (tertiary alicyclic amines) is 3. The fourth-order valence-electron chi connectivity index (χ4n) is 5.76. The lowest BCUT2D eigenvalue weighted by molar-refractivity contribution is -0.141. The molecule has 4 heteroatoms. The fourth-order valence-corrected chi connectivity index (χ4v) is 5.76. The van der Waals surface area contributed by atoms with Crippen LogP contribution in [0.2, 0.25) is 0 Å². The third kappa shape index (κ3) is 4.17. The van der Waals surface area contributed by atoms with Crippen LogP contribution in [0.4, 0.5) is 0 Å². The second-order valence-corrected chi connectivity index (χ2v) is 9.13. The Morgan fingerprint density at radius 3 is 2.65 bits per heavy atom. The molecule has 4 aliphatic rings. The van der Waals surface area contributed by atoms with Crippen molar-refractivity contribution in [1.29, 1.82) is 0 Å². The first-order valence-corrected chi connectivity index (χ1v) is 11.1. The Morgan fingerprint density at radius 1 is 1.04 bits per heavy atom. The zero-order valence-corrected chi connectivity index (χ0v) is 16.7. The van der Waals surface area contributed by atoms with Crippen LogP contribution in [0.1, 0.15) is 64.2 Å². The van der Waals surface area contributed by atoms with E-state index in [-0.39, 0.29) is 0 Å². The van der Waals surface area contributed by atoms with E-state index in [1.165, 1.54) is 71.1 Å². The third-order valence-corrected chi connectivity index (χ3v) is 7.44. The van der Waals surface area contributed by atoms with Crippen molar-refractivity contribution in [2.75, 3.05) is 39.8 Å². The highest BCUT2D eigenvalue weighted by atomic mass is 16.2. The Hall–Kier alpha value is -0.870. The topological polar surface area (TPSA) is 26.8 Å². The molecule has 3 saturated heterocycles. The van der Waals surface area contributed by atoms with Gasteiger partial charge in [0.2, 0.25) is 5.91 Å². The molecular weight excluding hydrogens is 322 g/mol. The Morgan fingerprint density at radius 2 is 1.88 bits per heavy atom. The van der Waals surface area contributed by atoms with E-state index >= 15 is 0 Å². The molecule has 26 heavy (non-hydrogen) atoms. The Labute approximate surface area is 159 Å². The highest BCUT2D eigenvalue weighted by Crippen LogP contribution is 2.34. The summed E-state index contributed by atoms with van der Waals surface area (Å²) in [6, 6.07) is 1.30. The summed E-state index contributed by atoms with van der Waals surface area (Å²) >= 11 is 0. The number of fused-ring (bicyclic) bond motifs is 1. The van der Waals surface area contributed by atoms with Crippen molar-refractivity contribution in [3.63, 3.8) is 0 Å². The third-order valence-electron chi connectivity index (χ3n) is 7.44. The molecule has 2 atom stereocenters. The quantitative estimate of drug-likeness (QED) is 0.721. The normalized spacial score (nSPS) is 32.4. The highest BCUT2D eigenvalue weighted by molar-refractivity contribution is 5.77. The smallest absolute Gasteiger partial charge is 0.222 e. The molecule has 4 rings (SSSR count). The fraction of sp³-hybridized carbons (Fsp3) is 0.864. The van der Waals surface area contributed by atoms with Gasteiger partial charge >= 0.3 is 0 Å². The Kier molecular flexibility index (Phi) is 6.00. The van der Waals surface area contributed by atoms with Gasteiger partial charge in [-0.3, -0.25) is 9.69 Å². The monoisotopic (exact) mass is 359 g/mol. The maximum absolute atomic E-state index is 12.6. The van der Waals surface area contributed by atoms with Crippen molar-refractivity contribution in [3.05, 3.63) is 11.6 Å². The van der Waals surface area contributed by atoms with Crippen LogP contribution in [0.3, 0.4) is 0 Å². The van der Waals surface area contributed by atoms with Gasteiger partial charge in [0, 0.05) is 38.1 Å². The van der Waals surface area contributed by atoms with E-state index in [0.29, 0.717) is 17.9 Å². The number of nitrogens with zero attached hydrogens (tertiary/aromatic N) is 3. The molecule has 4 nitrogen and oxygen atoms in total. The summed E-state index contributed by atoms with van der Waals surface area (Å²) in [4.78, 5) is 20.1. The van der Waals surface area contributed by atoms with Crippen LogP contribution in [-0.4, -0.2) is 72.5 Å². The zero-order chi connectivity index (χ0) is 17.9. The lowest BCUT2D eigenvalue weighted by Crippen LogP contribution is -2.58. The minimum Gasteiger partial charge on any atom is -0.339 e. The van der Waals surface area contributed by atoms with Crippen LogP contribution in [0.5, 0.6) is 0 Å². The van der Waals surface area contributed by atoms with Crippen molar-refractivity contribution < 1.29 is 4.79 Å². The molecular formula is C22H37N3O. The SMILES string of the molecule is CN1CCC(N2CC[C@@H]3[C@@H](CCC(=O)N3CCC3=CCCCC3)C2)CC1. The first-order valence-electron chi connectivity index (χ1n) is 11.1.